The Morgan fingerprint density at radius 3 is 2.63 bits per heavy atom. The normalized spacial score (nSPS) is 15.5. The summed E-state index contributed by atoms with van der Waals surface area (Å²) >= 11 is 5.22. The van der Waals surface area contributed by atoms with Crippen molar-refractivity contribution in [3.63, 3.8) is 0 Å². The number of nitrogens with one attached hydrogen (secondary N) is 3. The Hall–Kier alpha value is -2.04. The van der Waals surface area contributed by atoms with E-state index in [0.29, 0.717) is 28.6 Å². The van der Waals surface area contributed by atoms with Crippen LogP contribution in [0.15, 0.2) is 29.2 Å². The maximum atomic E-state index is 12.4. The summed E-state index contributed by atoms with van der Waals surface area (Å²) in [5.41, 5.74) is 0.379. The maximum absolute atomic E-state index is 12.4. The molecule has 0 saturated heterocycles. The minimum Gasteiger partial charge on any atom is -0.345 e. The Bertz CT molecular complexity index is 975. The van der Waals surface area contributed by atoms with Gasteiger partial charge in [-0.2, -0.15) is 5.10 Å². The SMILES string of the molecule is CCC(C)NS(=O)(=O)c1ccc(C(=O)NCc2n[nH]c(=S)n2C2CC2)cc1. The van der Waals surface area contributed by atoms with Gasteiger partial charge in [0.2, 0.25) is 10.0 Å². The first-order chi connectivity index (χ1) is 12.8. The molecular weight excluding hydrogens is 386 g/mol. The zero-order valence-corrected chi connectivity index (χ0v) is 16.9. The van der Waals surface area contributed by atoms with Crippen LogP contribution in [0.3, 0.4) is 0 Å². The van der Waals surface area contributed by atoms with Crippen molar-refractivity contribution in [3.05, 3.63) is 40.4 Å². The smallest absolute Gasteiger partial charge is 0.251 e. The number of aromatic amines is 1. The van der Waals surface area contributed by atoms with E-state index < -0.39 is 10.0 Å². The lowest BCUT2D eigenvalue weighted by atomic mass is 10.2. The van der Waals surface area contributed by atoms with Gasteiger partial charge < -0.3 is 5.32 Å². The average molecular weight is 410 g/mol. The molecule has 0 radical (unpaired) electrons. The lowest BCUT2D eigenvalue weighted by Crippen LogP contribution is -2.32. The van der Waals surface area contributed by atoms with Crippen molar-refractivity contribution in [3.8, 4) is 0 Å². The van der Waals surface area contributed by atoms with Crippen LogP contribution in [0.1, 0.15) is 55.3 Å². The highest BCUT2D eigenvalue weighted by Gasteiger charge is 2.27. The van der Waals surface area contributed by atoms with E-state index in [1.807, 2.05) is 11.5 Å². The summed E-state index contributed by atoms with van der Waals surface area (Å²) in [7, 11) is -3.59. The first kappa shape index (κ1) is 19.7. The van der Waals surface area contributed by atoms with Crippen LogP contribution in [0.2, 0.25) is 0 Å². The highest BCUT2D eigenvalue weighted by molar-refractivity contribution is 7.89. The second-order valence-corrected chi connectivity index (χ2v) is 8.78. The standard InChI is InChI=1S/C17H23N5O3S2/c1-3-11(2)21-27(24,25)14-8-4-12(5-9-14)16(23)18-10-15-19-20-17(26)22(15)13-6-7-13/h4-5,8-9,11,13,21H,3,6-7,10H2,1-2H3,(H,18,23)(H,20,26). The van der Waals surface area contributed by atoms with Gasteiger partial charge in [-0.3, -0.25) is 14.5 Å². The summed E-state index contributed by atoms with van der Waals surface area (Å²) in [6.45, 7) is 3.95. The number of carbonyl (C=O) groups excluding carboxylic acids is 1. The van der Waals surface area contributed by atoms with E-state index in [0.717, 1.165) is 12.8 Å². The molecule has 1 aliphatic rings. The van der Waals surface area contributed by atoms with Gasteiger partial charge in [-0.15, -0.1) is 0 Å². The van der Waals surface area contributed by atoms with E-state index in [2.05, 4.69) is 20.2 Å². The molecule has 10 heteroatoms. The van der Waals surface area contributed by atoms with E-state index in [1.165, 1.54) is 24.3 Å². The number of hydrogen-bond donors (Lipinski definition) is 3. The first-order valence-electron chi connectivity index (χ1n) is 8.88. The van der Waals surface area contributed by atoms with E-state index in [1.54, 1.807) is 6.92 Å². The first-order valence-corrected chi connectivity index (χ1v) is 10.8. The average Bonchev–Trinajstić information content (AvgIpc) is 3.41. The van der Waals surface area contributed by atoms with Crippen molar-refractivity contribution in [1.82, 2.24) is 24.8 Å². The lowest BCUT2D eigenvalue weighted by molar-refractivity contribution is 0.0949. The molecule has 1 heterocycles. The molecule has 1 amide bonds. The van der Waals surface area contributed by atoms with Crippen LogP contribution in [0, 0.1) is 4.77 Å². The predicted octanol–water partition coefficient (Wildman–Crippen LogP) is 2.28. The molecular formula is C17H23N5O3S2. The number of H-pyrrole nitrogens is 1. The Balaban J connectivity index is 1.65. The second kappa shape index (κ2) is 7.91. The zero-order chi connectivity index (χ0) is 19.6. The fourth-order valence-corrected chi connectivity index (χ4v) is 4.26. The molecule has 2 aromatic rings. The van der Waals surface area contributed by atoms with E-state index in [4.69, 9.17) is 12.2 Å². The van der Waals surface area contributed by atoms with Crippen molar-refractivity contribution in [2.24, 2.45) is 0 Å². The van der Waals surface area contributed by atoms with Crippen LogP contribution in [0.25, 0.3) is 0 Å². The van der Waals surface area contributed by atoms with Crippen LogP contribution < -0.4 is 10.0 Å². The van der Waals surface area contributed by atoms with Gasteiger partial charge in [0.05, 0.1) is 11.4 Å². The number of benzene rings is 1. The molecule has 1 fully saturated rings. The number of sulfonamides is 1. The molecule has 1 saturated carbocycles. The minimum atomic E-state index is -3.59. The Kier molecular flexibility index (Phi) is 5.78. The number of rotatable bonds is 8. The van der Waals surface area contributed by atoms with Crippen LogP contribution in [-0.2, 0) is 16.6 Å². The fourth-order valence-electron chi connectivity index (χ4n) is 2.63. The van der Waals surface area contributed by atoms with Gasteiger partial charge in [0.1, 0.15) is 0 Å². The van der Waals surface area contributed by atoms with Crippen LogP contribution in [0.5, 0.6) is 0 Å². The molecule has 1 unspecified atom stereocenters. The summed E-state index contributed by atoms with van der Waals surface area (Å²) < 4.78 is 29.6. The zero-order valence-electron chi connectivity index (χ0n) is 15.2. The summed E-state index contributed by atoms with van der Waals surface area (Å²) in [5.74, 6) is 0.387. The molecule has 1 atom stereocenters. The minimum absolute atomic E-state index is 0.133. The van der Waals surface area contributed by atoms with Gasteiger partial charge >= 0.3 is 0 Å². The van der Waals surface area contributed by atoms with E-state index >= 15 is 0 Å². The molecule has 0 aliphatic heterocycles. The third-order valence-electron chi connectivity index (χ3n) is 4.49. The number of hydrogen-bond acceptors (Lipinski definition) is 5. The van der Waals surface area contributed by atoms with Gasteiger partial charge in [-0.1, -0.05) is 6.92 Å². The third-order valence-corrected chi connectivity index (χ3v) is 6.39. The van der Waals surface area contributed by atoms with Crippen molar-refractivity contribution >= 4 is 28.1 Å². The van der Waals surface area contributed by atoms with E-state index in [-0.39, 0.29) is 23.4 Å². The third kappa shape index (κ3) is 4.63. The maximum Gasteiger partial charge on any atom is 0.251 e. The Morgan fingerprint density at radius 2 is 2.04 bits per heavy atom. The number of amides is 1. The predicted molar refractivity (Wildman–Crippen MR) is 103 cm³/mol. The van der Waals surface area contributed by atoms with Crippen LogP contribution >= 0.6 is 12.2 Å². The molecule has 3 N–H and O–H groups in total. The Labute approximate surface area is 163 Å². The van der Waals surface area contributed by atoms with Gasteiger partial charge in [-0.05, 0) is 62.7 Å². The summed E-state index contributed by atoms with van der Waals surface area (Å²) in [6, 6.07) is 6.07. The molecule has 1 aliphatic carbocycles. The quantitative estimate of drug-likeness (QED) is 0.580. The van der Waals surface area contributed by atoms with Crippen molar-refractivity contribution < 1.29 is 13.2 Å². The topological polar surface area (TPSA) is 109 Å². The summed E-state index contributed by atoms with van der Waals surface area (Å²) in [4.78, 5) is 12.5. The second-order valence-electron chi connectivity index (χ2n) is 6.68. The monoisotopic (exact) mass is 409 g/mol. The van der Waals surface area contributed by atoms with Gasteiger partial charge in [0, 0.05) is 17.6 Å². The highest BCUT2D eigenvalue weighted by atomic mass is 32.2. The van der Waals surface area contributed by atoms with Crippen LogP contribution in [0.4, 0.5) is 0 Å². The molecule has 146 valence electrons. The largest absolute Gasteiger partial charge is 0.345 e. The molecule has 0 spiro atoms. The molecule has 3 rings (SSSR count). The van der Waals surface area contributed by atoms with Gasteiger partial charge in [0.15, 0.2) is 10.6 Å². The fraction of sp³-hybridized carbons (Fsp3) is 0.471. The van der Waals surface area contributed by atoms with Crippen molar-refractivity contribution in [2.45, 2.75) is 56.6 Å². The van der Waals surface area contributed by atoms with E-state index in [9.17, 15) is 13.2 Å². The van der Waals surface area contributed by atoms with Crippen molar-refractivity contribution in [2.75, 3.05) is 0 Å². The number of aromatic nitrogens is 3. The van der Waals surface area contributed by atoms with Gasteiger partial charge in [0.25, 0.3) is 5.91 Å². The van der Waals surface area contributed by atoms with Crippen molar-refractivity contribution in [1.29, 1.82) is 0 Å². The molecule has 0 bridgehead atoms. The number of carbonyl (C=O) groups is 1. The van der Waals surface area contributed by atoms with Crippen LogP contribution in [-0.4, -0.2) is 35.1 Å². The van der Waals surface area contributed by atoms with Gasteiger partial charge in [-0.25, -0.2) is 13.1 Å². The molecule has 8 nitrogen and oxygen atoms in total. The lowest BCUT2D eigenvalue weighted by Gasteiger charge is -2.12. The number of nitrogens with zero attached hydrogens (tertiary/aromatic N) is 2. The Morgan fingerprint density at radius 1 is 1.37 bits per heavy atom. The summed E-state index contributed by atoms with van der Waals surface area (Å²) in [6.07, 6.45) is 2.82. The molecule has 1 aromatic carbocycles. The highest BCUT2D eigenvalue weighted by Crippen LogP contribution is 2.35. The summed E-state index contributed by atoms with van der Waals surface area (Å²) in [5, 5.41) is 9.72. The molecule has 1 aromatic heterocycles. The molecule has 27 heavy (non-hydrogen) atoms.